The highest BCUT2D eigenvalue weighted by atomic mass is 15.1. The van der Waals surface area contributed by atoms with Crippen molar-refractivity contribution in [2.75, 3.05) is 4.90 Å². The molecule has 0 unspecified atom stereocenters. The predicted molar refractivity (Wildman–Crippen MR) is 197 cm³/mol. The van der Waals surface area contributed by atoms with Gasteiger partial charge in [0.15, 0.2) is 0 Å². The molecule has 0 N–H and O–H groups in total. The molecule has 1 aromatic heterocycles. The zero-order valence-corrected chi connectivity index (χ0v) is 27.5. The Kier molecular flexibility index (Phi) is 10.6. The van der Waals surface area contributed by atoms with Gasteiger partial charge >= 0.3 is 0 Å². The number of aromatic nitrogens is 2. The van der Waals surface area contributed by atoms with Crippen LogP contribution in [-0.2, 0) is 12.8 Å². The quantitative estimate of drug-likeness (QED) is 0.109. The Hall–Kier alpha value is -4.63. The first-order chi connectivity index (χ1) is 22.7. The molecule has 0 radical (unpaired) electrons. The van der Waals surface area contributed by atoms with Gasteiger partial charge in [0.05, 0.1) is 11.0 Å². The van der Waals surface area contributed by atoms with Crippen molar-refractivity contribution in [1.29, 1.82) is 0 Å². The van der Waals surface area contributed by atoms with Gasteiger partial charge in [-0.2, -0.15) is 0 Å². The molecule has 0 amide bonds. The summed E-state index contributed by atoms with van der Waals surface area (Å²) in [6, 6.07) is 46.2. The monoisotopic (exact) mass is 605 g/mol. The Morgan fingerprint density at radius 3 is 1.72 bits per heavy atom. The molecule has 0 atom stereocenters. The minimum atomic E-state index is 0.944. The van der Waals surface area contributed by atoms with Crippen LogP contribution in [0.3, 0.4) is 0 Å². The van der Waals surface area contributed by atoms with Crippen molar-refractivity contribution in [2.45, 2.75) is 78.1 Å². The van der Waals surface area contributed by atoms with E-state index in [-0.39, 0.29) is 0 Å². The van der Waals surface area contributed by atoms with Gasteiger partial charge < -0.3 is 4.90 Å². The van der Waals surface area contributed by atoms with Crippen LogP contribution in [0.2, 0.25) is 0 Å². The fourth-order valence-corrected chi connectivity index (χ4v) is 6.42. The van der Waals surface area contributed by atoms with E-state index in [0.717, 1.165) is 46.6 Å². The average molecular weight is 606 g/mol. The molecule has 0 spiro atoms. The normalized spacial score (nSPS) is 11.3. The van der Waals surface area contributed by atoms with Gasteiger partial charge in [0, 0.05) is 28.3 Å². The molecule has 0 bridgehead atoms. The fourth-order valence-electron chi connectivity index (χ4n) is 6.42. The lowest BCUT2D eigenvalue weighted by atomic mass is 10.0. The van der Waals surface area contributed by atoms with Crippen molar-refractivity contribution < 1.29 is 0 Å². The summed E-state index contributed by atoms with van der Waals surface area (Å²) in [6.07, 6.45) is 12.5. The van der Waals surface area contributed by atoms with Crippen LogP contribution in [0.15, 0.2) is 127 Å². The second-order valence-electron chi connectivity index (χ2n) is 12.4. The number of unbranched alkanes of at least 4 members (excludes halogenated alkanes) is 6. The largest absolute Gasteiger partial charge is 0.310 e. The van der Waals surface area contributed by atoms with Crippen LogP contribution in [0, 0.1) is 0 Å². The molecule has 0 aliphatic rings. The van der Waals surface area contributed by atoms with E-state index >= 15 is 0 Å². The van der Waals surface area contributed by atoms with Crippen molar-refractivity contribution in [2.24, 2.45) is 0 Å². The Morgan fingerprint density at radius 1 is 0.522 bits per heavy atom. The van der Waals surface area contributed by atoms with Crippen LogP contribution in [0.1, 0.15) is 76.3 Å². The summed E-state index contributed by atoms with van der Waals surface area (Å²) in [5.41, 5.74) is 10.6. The highest BCUT2D eigenvalue weighted by molar-refractivity contribution is 5.85. The number of imidazole rings is 1. The van der Waals surface area contributed by atoms with Gasteiger partial charge in [-0.15, -0.1) is 0 Å². The second kappa shape index (κ2) is 15.6. The van der Waals surface area contributed by atoms with Crippen molar-refractivity contribution in [3.8, 4) is 17.1 Å². The number of aryl methyl sites for hydroxylation is 2. The molecular weight excluding hydrogens is 558 g/mol. The lowest BCUT2D eigenvalue weighted by Gasteiger charge is -2.26. The number of hydrogen-bond acceptors (Lipinski definition) is 2. The van der Waals surface area contributed by atoms with E-state index in [1.165, 1.54) is 73.9 Å². The molecule has 46 heavy (non-hydrogen) atoms. The van der Waals surface area contributed by atoms with E-state index in [2.05, 4.69) is 151 Å². The Morgan fingerprint density at radius 2 is 1.11 bits per heavy atom. The molecule has 3 heteroatoms. The molecule has 0 aliphatic carbocycles. The Labute approximate surface area is 275 Å². The summed E-state index contributed by atoms with van der Waals surface area (Å²) in [6.45, 7) is 4.55. The summed E-state index contributed by atoms with van der Waals surface area (Å²) < 4.78 is 2.28. The molecule has 234 valence electrons. The molecule has 0 aliphatic heterocycles. The van der Waals surface area contributed by atoms with Gasteiger partial charge in [-0.05, 0) is 97.5 Å². The van der Waals surface area contributed by atoms with Gasteiger partial charge in [-0.25, -0.2) is 4.98 Å². The highest BCUT2D eigenvalue weighted by Gasteiger charge is 2.18. The number of para-hydroxylation sites is 3. The van der Waals surface area contributed by atoms with Crippen molar-refractivity contribution in [3.05, 3.63) is 139 Å². The summed E-state index contributed by atoms with van der Waals surface area (Å²) >= 11 is 0. The van der Waals surface area contributed by atoms with Crippen LogP contribution in [0.4, 0.5) is 17.1 Å². The van der Waals surface area contributed by atoms with Crippen LogP contribution in [0.25, 0.3) is 28.1 Å². The third-order valence-electron chi connectivity index (χ3n) is 8.96. The molecule has 3 nitrogen and oxygen atoms in total. The van der Waals surface area contributed by atoms with E-state index in [1.54, 1.807) is 0 Å². The average Bonchev–Trinajstić information content (AvgIpc) is 3.50. The maximum atomic E-state index is 5.16. The Bertz CT molecular complexity index is 1740. The lowest BCUT2D eigenvalue weighted by molar-refractivity contribution is 0.667. The minimum absolute atomic E-state index is 0.944. The summed E-state index contributed by atoms with van der Waals surface area (Å²) in [7, 11) is 0. The number of anilines is 3. The van der Waals surface area contributed by atoms with Crippen LogP contribution in [0.5, 0.6) is 0 Å². The van der Waals surface area contributed by atoms with Gasteiger partial charge in [0.25, 0.3) is 0 Å². The molecule has 1 heterocycles. The second-order valence-corrected chi connectivity index (χ2v) is 12.4. The van der Waals surface area contributed by atoms with E-state index in [4.69, 9.17) is 4.98 Å². The zero-order chi connectivity index (χ0) is 31.6. The third-order valence-corrected chi connectivity index (χ3v) is 8.96. The summed E-state index contributed by atoms with van der Waals surface area (Å²) in [5.74, 6) is 0.944. The summed E-state index contributed by atoms with van der Waals surface area (Å²) in [4.78, 5) is 7.55. The smallest absolute Gasteiger partial charge is 0.145 e. The standard InChI is InChI=1S/C43H47N3/c1-3-5-7-10-17-34-25-29-38(30-26-34)45(39-31-27-35(28-32-39)18-11-8-6-4-2)40-22-16-19-36(33-40)43-44-41-23-14-15-24-42(41)46(43)37-20-12-9-13-21-37/h9,12-16,19-33H,3-8,10-11,17-18H2,1-2H3. The number of hydrogen-bond donors (Lipinski definition) is 0. The van der Waals surface area contributed by atoms with Gasteiger partial charge in [0.2, 0.25) is 0 Å². The van der Waals surface area contributed by atoms with Crippen molar-refractivity contribution >= 4 is 28.1 Å². The topological polar surface area (TPSA) is 21.1 Å². The first-order valence-corrected chi connectivity index (χ1v) is 17.4. The number of benzene rings is 5. The van der Waals surface area contributed by atoms with E-state index in [1.807, 2.05) is 0 Å². The molecule has 5 aromatic carbocycles. The number of nitrogens with zero attached hydrogens (tertiary/aromatic N) is 3. The third kappa shape index (κ3) is 7.42. The van der Waals surface area contributed by atoms with Crippen molar-refractivity contribution in [3.63, 3.8) is 0 Å². The number of rotatable bonds is 15. The van der Waals surface area contributed by atoms with Crippen LogP contribution >= 0.6 is 0 Å². The minimum Gasteiger partial charge on any atom is -0.310 e. The molecular formula is C43H47N3. The zero-order valence-electron chi connectivity index (χ0n) is 27.5. The molecule has 6 rings (SSSR count). The number of fused-ring (bicyclic) bond motifs is 1. The first kappa shape index (κ1) is 31.4. The predicted octanol–water partition coefficient (Wildman–Crippen LogP) is 12.4. The molecule has 6 aromatic rings. The maximum Gasteiger partial charge on any atom is 0.145 e. The van der Waals surface area contributed by atoms with Gasteiger partial charge in [-0.1, -0.05) is 119 Å². The van der Waals surface area contributed by atoms with Gasteiger partial charge in [-0.3, -0.25) is 4.57 Å². The first-order valence-electron chi connectivity index (χ1n) is 17.4. The fraction of sp³-hybridized carbons (Fsp3) is 0.279. The van der Waals surface area contributed by atoms with Crippen LogP contribution in [-0.4, -0.2) is 9.55 Å². The Balaban J connectivity index is 1.38. The van der Waals surface area contributed by atoms with E-state index < -0.39 is 0 Å². The molecule has 0 saturated carbocycles. The molecule has 0 fully saturated rings. The molecule has 0 saturated heterocycles. The lowest BCUT2D eigenvalue weighted by Crippen LogP contribution is -2.10. The van der Waals surface area contributed by atoms with Crippen LogP contribution < -0.4 is 4.90 Å². The summed E-state index contributed by atoms with van der Waals surface area (Å²) in [5, 5.41) is 0. The van der Waals surface area contributed by atoms with Crippen molar-refractivity contribution in [1.82, 2.24) is 9.55 Å². The van der Waals surface area contributed by atoms with E-state index in [0.29, 0.717) is 0 Å². The van der Waals surface area contributed by atoms with Gasteiger partial charge in [0.1, 0.15) is 5.82 Å². The SMILES string of the molecule is CCCCCCc1ccc(N(c2ccc(CCCCCC)cc2)c2cccc(-c3nc4ccccc4n3-c3ccccc3)c2)cc1. The maximum absolute atomic E-state index is 5.16. The highest BCUT2D eigenvalue weighted by Crippen LogP contribution is 2.38. The van der Waals surface area contributed by atoms with E-state index in [9.17, 15) is 0 Å².